The molecule has 0 fully saturated rings. The molecule has 2 rings (SSSR count). The Bertz CT molecular complexity index is 776. The van der Waals surface area contributed by atoms with E-state index >= 15 is 0 Å². The molecular weight excluding hydrogens is 300 g/mol. The Morgan fingerprint density at radius 3 is 2.48 bits per heavy atom. The highest BCUT2D eigenvalue weighted by Gasteiger charge is 2.12. The first-order chi connectivity index (χ1) is 9.77. The molecule has 7 heteroatoms. The minimum atomic E-state index is -3.97. The van der Waals surface area contributed by atoms with Crippen molar-refractivity contribution < 1.29 is 21.9 Å². The average Bonchev–Trinajstić information content (AvgIpc) is 2.40. The van der Waals surface area contributed by atoms with Crippen molar-refractivity contribution in [1.82, 2.24) is 0 Å². The zero-order chi connectivity index (χ0) is 15.6. The van der Waals surface area contributed by atoms with Crippen LogP contribution >= 0.6 is 0 Å². The van der Waals surface area contributed by atoms with Crippen molar-refractivity contribution in [2.75, 3.05) is 0 Å². The number of hydrogen-bond acceptors (Lipinski definition) is 3. The van der Waals surface area contributed by atoms with Gasteiger partial charge in [-0.15, -0.1) is 0 Å². The number of halogens is 2. The van der Waals surface area contributed by atoms with E-state index in [1.807, 2.05) is 0 Å². The number of aryl methyl sites for hydroxylation is 1. The van der Waals surface area contributed by atoms with Crippen LogP contribution < -0.4 is 9.88 Å². The van der Waals surface area contributed by atoms with Gasteiger partial charge in [0.05, 0.1) is 4.90 Å². The van der Waals surface area contributed by atoms with E-state index in [1.54, 1.807) is 13.0 Å². The molecule has 0 saturated carbocycles. The standard InChI is InChI=1S/C14H13F2NO3S/c1-9-2-3-11(15)6-10(9)8-20-14-5-4-12(7-13(14)16)21(17,18)19/h2-7H,8H2,1H3,(H2,17,18,19). The lowest BCUT2D eigenvalue weighted by Gasteiger charge is -2.10. The summed E-state index contributed by atoms with van der Waals surface area (Å²) in [5.74, 6) is -1.40. The maximum atomic E-state index is 13.7. The molecule has 0 bridgehead atoms. The lowest BCUT2D eigenvalue weighted by atomic mass is 10.1. The van der Waals surface area contributed by atoms with Crippen LogP contribution in [0.25, 0.3) is 0 Å². The van der Waals surface area contributed by atoms with Crippen LogP contribution in [0.3, 0.4) is 0 Å². The summed E-state index contributed by atoms with van der Waals surface area (Å²) >= 11 is 0. The summed E-state index contributed by atoms with van der Waals surface area (Å²) in [5.41, 5.74) is 1.38. The Morgan fingerprint density at radius 2 is 1.86 bits per heavy atom. The average molecular weight is 313 g/mol. The number of ether oxygens (including phenoxy) is 1. The van der Waals surface area contributed by atoms with Crippen molar-refractivity contribution in [2.45, 2.75) is 18.4 Å². The largest absolute Gasteiger partial charge is 0.486 e. The van der Waals surface area contributed by atoms with Gasteiger partial charge < -0.3 is 4.74 Å². The molecule has 0 aliphatic rings. The molecule has 0 spiro atoms. The highest BCUT2D eigenvalue weighted by molar-refractivity contribution is 7.89. The van der Waals surface area contributed by atoms with Gasteiger partial charge in [0.1, 0.15) is 12.4 Å². The Kier molecular flexibility index (Phi) is 4.24. The molecule has 0 unspecified atom stereocenters. The molecule has 2 aromatic rings. The van der Waals surface area contributed by atoms with E-state index in [-0.39, 0.29) is 17.3 Å². The third-order valence-electron chi connectivity index (χ3n) is 2.93. The van der Waals surface area contributed by atoms with Gasteiger partial charge >= 0.3 is 0 Å². The molecule has 0 radical (unpaired) electrons. The van der Waals surface area contributed by atoms with Gasteiger partial charge in [-0.05, 0) is 48.4 Å². The number of hydrogen-bond donors (Lipinski definition) is 1. The fourth-order valence-electron chi connectivity index (χ4n) is 1.73. The number of nitrogens with two attached hydrogens (primary N) is 1. The molecule has 0 atom stereocenters. The number of sulfonamides is 1. The molecule has 0 aliphatic carbocycles. The van der Waals surface area contributed by atoms with Crippen LogP contribution in [0.15, 0.2) is 41.3 Å². The van der Waals surface area contributed by atoms with E-state index in [2.05, 4.69) is 0 Å². The van der Waals surface area contributed by atoms with Gasteiger partial charge in [0.2, 0.25) is 10.0 Å². The fourth-order valence-corrected chi connectivity index (χ4v) is 2.25. The molecule has 4 nitrogen and oxygen atoms in total. The first-order valence-corrected chi connectivity index (χ1v) is 7.52. The van der Waals surface area contributed by atoms with E-state index in [1.165, 1.54) is 18.2 Å². The van der Waals surface area contributed by atoms with Crippen LogP contribution in [0.2, 0.25) is 0 Å². The van der Waals surface area contributed by atoms with Gasteiger partial charge in [0, 0.05) is 0 Å². The fraction of sp³-hybridized carbons (Fsp3) is 0.143. The SMILES string of the molecule is Cc1ccc(F)cc1COc1ccc(S(N)(=O)=O)cc1F. The Balaban J connectivity index is 2.19. The molecule has 0 saturated heterocycles. The van der Waals surface area contributed by atoms with Crippen molar-refractivity contribution >= 4 is 10.0 Å². The predicted molar refractivity (Wildman–Crippen MR) is 73.2 cm³/mol. The minimum absolute atomic E-state index is 0.0325. The zero-order valence-corrected chi connectivity index (χ0v) is 12.0. The third kappa shape index (κ3) is 3.77. The summed E-state index contributed by atoms with van der Waals surface area (Å²) in [6.07, 6.45) is 0. The highest BCUT2D eigenvalue weighted by atomic mass is 32.2. The van der Waals surface area contributed by atoms with Crippen molar-refractivity contribution in [1.29, 1.82) is 0 Å². The van der Waals surface area contributed by atoms with E-state index in [4.69, 9.17) is 9.88 Å². The summed E-state index contributed by atoms with van der Waals surface area (Å²) < 4.78 is 54.3. The number of rotatable bonds is 4. The topological polar surface area (TPSA) is 69.4 Å². The monoisotopic (exact) mass is 313 g/mol. The maximum Gasteiger partial charge on any atom is 0.238 e. The first-order valence-electron chi connectivity index (χ1n) is 5.97. The number of benzene rings is 2. The Labute approximate surface area is 121 Å². The van der Waals surface area contributed by atoms with Gasteiger partial charge in [-0.1, -0.05) is 6.07 Å². The normalized spacial score (nSPS) is 11.4. The Hall–Kier alpha value is -1.99. The summed E-state index contributed by atoms with van der Waals surface area (Å²) in [5, 5.41) is 4.90. The van der Waals surface area contributed by atoms with Gasteiger partial charge in [0.15, 0.2) is 11.6 Å². The van der Waals surface area contributed by atoms with Crippen molar-refractivity contribution in [3.63, 3.8) is 0 Å². The van der Waals surface area contributed by atoms with Crippen LogP contribution in [0.1, 0.15) is 11.1 Å². The van der Waals surface area contributed by atoms with Crippen molar-refractivity contribution in [3.8, 4) is 5.75 Å². The van der Waals surface area contributed by atoms with Crippen LogP contribution in [-0.2, 0) is 16.6 Å². The summed E-state index contributed by atoms with van der Waals surface area (Å²) in [4.78, 5) is -0.339. The van der Waals surface area contributed by atoms with Crippen LogP contribution in [0.4, 0.5) is 8.78 Å². The summed E-state index contributed by atoms with van der Waals surface area (Å²) in [6.45, 7) is 1.74. The van der Waals surface area contributed by atoms with Gasteiger partial charge in [-0.3, -0.25) is 0 Å². The molecule has 2 aromatic carbocycles. The molecule has 0 aliphatic heterocycles. The highest BCUT2D eigenvalue weighted by Crippen LogP contribution is 2.22. The maximum absolute atomic E-state index is 13.7. The van der Waals surface area contributed by atoms with Crippen LogP contribution in [-0.4, -0.2) is 8.42 Å². The predicted octanol–water partition coefficient (Wildman–Crippen LogP) is 2.50. The Morgan fingerprint density at radius 1 is 1.14 bits per heavy atom. The van der Waals surface area contributed by atoms with Crippen LogP contribution in [0, 0.1) is 18.6 Å². The lowest BCUT2D eigenvalue weighted by molar-refractivity contribution is 0.288. The molecule has 0 aromatic heterocycles. The molecular formula is C14H13F2NO3S. The second kappa shape index (κ2) is 5.79. The van der Waals surface area contributed by atoms with E-state index < -0.39 is 21.7 Å². The van der Waals surface area contributed by atoms with Crippen molar-refractivity contribution in [2.24, 2.45) is 5.14 Å². The summed E-state index contributed by atoms with van der Waals surface area (Å²) in [6, 6.07) is 7.31. The second-order valence-electron chi connectivity index (χ2n) is 4.50. The molecule has 0 heterocycles. The molecule has 21 heavy (non-hydrogen) atoms. The minimum Gasteiger partial charge on any atom is -0.486 e. The van der Waals surface area contributed by atoms with Crippen LogP contribution in [0.5, 0.6) is 5.75 Å². The summed E-state index contributed by atoms with van der Waals surface area (Å²) in [7, 11) is -3.97. The lowest BCUT2D eigenvalue weighted by Crippen LogP contribution is -2.12. The van der Waals surface area contributed by atoms with Gasteiger partial charge in [-0.2, -0.15) is 0 Å². The third-order valence-corrected chi connectivity index (χ3v) is 3.84. The quantitative estimate of drug-likeness (QED) is 0.943. The first kappa shape index (κ1) is 15.4. The van der Waals surface area contributed by atoms with E-state index in [0.29, 0.717) is 5.56 Å². The molecule has 112 valence electrons. The van der Waals surface area contributed by atoms with Gasteiger partial charge in [-0.25, -0.2) is 22.3 Å². The molecule has 2 N–H and O–H groups in total. The van der Waals surface area contributed by atoms with Gasteiger partial charge in [0.25, 0.3) is 0 Å². The molecule has 0 amide bonds. The second-order valence-corrected chi connectivity index (χ2v) is 6.06. The van der Waals surface area contributed by atoms with E-state index in [0.717, 1.165) is 17.7 Å². The smallest absolute Gasteiger partial charge is 0.238 e. The van der Waals surface area contributed by atoms with E-state index in [9.17, 15) is 17.2 Å². The van der Waals surface area contributed by atoms with Crippen molar-refractivity contribution in [3.05, 3.63) is 59.2 Å². The number of primary sulfonamides is 1. The zero-order valence-electron chi connectivity index (χ0n) is 11.1.